The number of carboxylic acids is 1. The van der Waals surface area contributed by atoms with Gasteiger partial charge in [-0.05, 0) is 55.5 Å². The normalized spacial score (nSPS) is 15.7. The van der Waals surface area contributed by atoms with Crippen LogP contribution in [0.5, 0.6) is 0 Å². The lowest BCUT2D eigenvalue weighted by molar-refractivity contribution is 0.0694. The topological polar surface area (TPSA) is 69.6 Å². The highest BCUT2D eigenvalue weighted by molar-refractivity contribution is 5.88. The Morgan fingerprint density at radius 2 is 2.03 bits per heavy atom. The van der Waals surface area contributed by atoms with Gasteiger partial charge in [-0.3, -0.25) is 0 Å². The van der Waals surface area contributed by atoms with Gasteiger partial charge in [0.2, 0.25) is 5.95 Å². The third kappa shape index (κ3) is 4.88. The quantitative estimate of drug-likeness (QED) is 0.553. The van der Waals surface area contributed by atoms with E-state index in [0.717, 1.165) is 43.6 Å². The van der Waals surface area contributed by atoms with Crippen molar-refractivity contribution in [3.05, 3.63) is 83.4 Å². The lowest BCUT2D eigenvalue weighted by atomic mass is 10.0. The summed E-state index contributed by atoms with van der Waals surface area (Å²) < 4.78 is 13.8. The average Bonchev–Trinajstić information content (AvgIpc) is 3.29. The van der Waals surface area contributed by atoms with E-state index >= 15 is 0 Å². The van der Waals surface area contributed by atoms with Gasteiger partial charge in [0.05, 0.1) is 17.3 Å². The number of nitrogens with zero attached hydrogens (tertiary/aromatic N) is 4. The average molecular weight is 435 g/mol. The fourth-order valence-corrected chi connectivity index (χ4v) is 4.28. The van der Waals surface area contributed by atoms with Gasteiger partial charge >= 0.3 is 5.97 Å². The van der Waals surface area contributed by atoms with Crippen molar-refractivity contribution >= 4 is 17.6 Å². The highest BCUT2D eigenvalue weighted by Crippen LogP contribution is 2.35. The lowest BCUT2D eigenvalue weighted by Gasteiger charge is -2.26. The Kier molecular flexibility index (Phi) is 6.63. The Bertz CT molecular complexity index is 1080. The smallest absolute Gasteiger partial charge is 0.339 e. The van der Waals surface area contributed by atoms with E-state index in [1.807, 2.05) is 43.4 Å². The molecule has 1 aliphatic heterocycles. The lowest BCUT2D eigenvalue weighted by Crippen LogP contribution is -2.26. The van der Waals surface area contributed by atoms with Crippen LogP contribution >= 0.6 is 0 Å². The molecule has 0 saturated carbocycles. The van der Waals surface area contributed by atoms with Gasteiger partial charge in [0.1, 0.15) is 5.82 Å². The van der Waals surface area contributed by atoms with Gasteiger partial charge in [-0.25, -0.2) is 19.2 Å². The minimum atomic E-state index is -1.02. The van der Waals surface area contributed by atoms with E-state index in [9.17, 15) is 14.3 Å². The van der Waals surface area contributed by atoms with Gasteiger partial charge in [-0.1, -0.05) is 30.3 Å². The van der Waals surface area contributed by atoms with E-state index in [-0.39, 0.29) is 17.4 Å². The number of benzene rings is 2. The predicted molar refractivity (Wildman–Crippen MR) is 123 cm³/mol. The Balaban J connectivity index is 1.52. The number of anilines is 2. The summed E-state index contributed by atoms with van der Waals surface area (Å²) in [4.78, 5) is 25.0. The van der Waals surface area contributed by atoms with Crippen LogP contribution in [0.25, 0.3) is 0 Å². The van der Waals surface area contributed by atoms with Crippen LogP contribution in [0.15, 0.2) is 60.8 Å². The Hall–Kier alpha value is -3.48. The molecule has 1 N–H and O–H groups in total. The zero-order valence-electron chi connectivity index (χ0n) is 18.1. The van der Waals surface area contributed by atoms with E-state index in [4.69, 9.17) is 0 Å². The van der Waals surface area contributed by atoms with Crippen molar-refractivity contribution in [1.82, 2.24) is 9.97 Å². The molecule has 166 valence electrons. The van der Waals surface area contributed by atoms with Crippen molar-refractivity contribution in [1.29, 1.82) is 0 Å². The van der Waals surface area contributed by atoms with Crippen LogP contribution in [0.4, 0.5) is 16.0 Å². The van der Waals surface area contributed by atoms with Gasteiger partial charge in [-0.2, -0.15) is 0 Å². The highest BCUT2D eigenvalue weighted by atomic mass is 19.1. The van der Waals surface area contributed by atoms with Crippen molar-refractivity contribution in [3.8, 4) is 0 Å². The second-order valence-corrected chi connectivity index (χ2v) is 8.10. The highest BCUT2D eigenvalue weighted by Gasteiger charge is 2.29. The number of rotatable bonds is 8. The van der Waals surface area contributed by atoms with Crippen molar-refractivity contribution in [2.24, 2.45) is 0 Å². The molecule has 1 fully saturated rings. The molecule has 6 nitrogen and oxygen atoms in total. The van der Waals surface area contributed by atoms with Crippen LogP contribution in [0, 0.1) is 5.82 Å². The van der Waals surface area contributed by atoms with Gasteiger partial charge in [0, 0.05) is 32.0 Å². The molecule has 0 spiro atoms. The van der Waals surface area contributed by atoms with Gasteiger partial charge in [0.15, 0.2) is 0 Å². The number of halogens is 1. The molecule has 2 heterocycles. The first-order valence-corrected chi connectivity index (χ1v) is 10.9. The molecule has 0 aliphatic carbocycles. The zero-order valence-corrected chi connectivity index (χ0v) is 18.1. The zero-order chi connectivity index (χ0) is 22.5. The molecule has 32 heavy (non-hydrogen) atoms. The number of carbonyl (C=O) groups is 1. The molecule has 0 radical (unpaired) electrons. The number of aryl methyl sites for hydroxylation is 1. The van der Waals surface area contributed by atoms with E-state index in [1.165, 1.54) is 12.3 Å². The standard InChI is InChI=1S/C25H27FN4O2/c1-29(20-10-3-2-4-11-20)14-6-12-22-21(24(31)32)17-27-25(28-22)30-15-7-13-23(30)18-8-5-9-19(26)16-18/h2-5,8-11,16-17,23H,6-7,12-15H2,1H3,(H,31,32)/t23-/m1/s1. The van der Waals surface area contributed by atoms with Crippen LogP contribution in [-0.2, 0) is 6.42 Å². The molecule has 7 heteroatoms. The van der Waals surface area contributed by atoms with Gasteiger partial charge in [0.25, 0.3) is 0 Å². The Morgan fingerprint density at radius 3 is 2.78 bits per heavy atom. The Labute approximate surface area is 187 Å². The summed E-state index contributed by atoms with van der Waals surface area (Å²) in [6.45, 7) is 1.53. The Morgan fingerprint density at radius 1 is 1.22 bits per heavy atom. The summed E-state index contributed by atoms with van der Waals surface area (Å²) in [5.74, 6) is -0.779. The summed E-state index contributed by atoms with van der Waals surface area (Å²) in [5.41, 5.74) is 2.68. The first-order chi connectivity index (χ1) is 15.5. The second-order valence-electron chi connectivity index (χ2n) is 8.10. The van der Waals surface area contributed by atoms with Crippen molar-refractivity contribution in [2.45, 2.75) is 31.7 Å². The predicted octanol–water partition coefficient (Wildman–Crippen LogP) is 4.72. The summed E-state index contributed by atoms with van der Waals surface area (Å²) in [7, 11) is 2.02. The minimum absolute atomic E-state index is 0.0153. The number of hydrogen-bond donors (Lipinski definition) is 1. The van der Waals surface area contributed by atoms with Crippen LogP contribution in [0.2, 0.25) is 0 Å². The summed E-state index contributed by atoms with van der Waals surface area (Å²) >= 11 is 0. The maximum atomic E-state index is 13.8. The molecular formula is C25H27FN4O2. The fraction of sp³-hybridized carbons (Fsp3) is 0.320. The van der Waals surface area contributed by atoms with Crippen molar-refractivity contribution in [3.63, 3.8) is 0 Å². The van der Waals surface area contributed by atoms with Crippen LogP contribution in [-0.4, -0.2) is 41.2 Å². The van der Waals surface area contributed by atoms with Crippen LogP contribution in [0.3, 0.4) is 0 Å². The van der Waals surface area contributed by atoms with E-state index in [1.54, 1.807) is 12.1 Å². The molecule has 1 atom stereocenters. The van der Waals surface area contributed by atoms with Crippen LogP contribution < -0.4 is 9.80 Å². The fourth-order valence-electron chi connectivity index (χ4n) is 4.28. The summed E-state index contributed by atoms with van der Waals surface area (Å²) in [5, 5.41) is 9.62. The molecular weight excluding hydrogens is 407 g/mol. The molecule has 0 unspecified atom stereocenters. The van der Waals surface area contributed by atoms with Gasteiger partial charge in [-0.15, -0.1) is 0 Å². The van der Waals surface area contributed by atoms with E-state index in [2.05, 4.69) is 19.8 Å². The molecule has 0 bridgehead atoms. The number of para-hydroxylation sites is 1. The minimum Gasteiger partial charge on any atom is -0.478 e. The van der Waals surface area contributed by atoms with E-state index in [0.29, 0.717) is 18.1 Å². The van der Waals surface area contributed by atoms with Gasteiger partial charge < -0.3 is 14.9 Å². The molecule has 4 rings (SSSR count). The first kappa shape index (κ1) is 21.7. The molecule has 1 aliphatic rings. The molecule has 1 saturated heterocycles. The number of aromatic carboxylic acids is 1. The van der Waals surface area contributed by atoms with Crippen molar-refractivity contribution in [2.75, 3.05) is 29.9 Å². The van der Waals surface area contributed by atoms with Crippen molar-refractivity contribution < 1.29 is 14.3 Å². The number of carboxylic acid groups (broad SMARTS) is 1. The second kappa shape index (κ2) is 9.77. The summed E-state index contributed by atoms with van der Waals surface area (Å²) in [6, 6.07) is 16.7. The number of aromatic nitrogens is 2. The molecule has 0 amide bonds. The monoisotopic (exact) mass is 434 g/mol. The van der Waals surface area contributed by atoms with E-state index < -0.39 is 5.97 Å². The molecule has 1 aromatic heterocycles. The maximum Gasteiger partial charge on any atom is 0.339 e. The SMILES string of the molecule is CN(CCCc1nc(N2CCC[C@@H]2c2cccc(F)c2)ncc1C(=O)O)c1ccccc1. The summed E-state index contributed by atoms with van der Waals surface area (Å²) in [6.07, 6.45) is 4.53. The third-order valence-corrected chi connectivity index (χ3v) is 5.93. The number of hydrogen-bond acceptors (Lipinski definition) is 5. The third-order valence-electron chi connectivity index (χ3n) is 5.93. The largest absolute Gasteiger partial charge is 0.478 e. The first-order valence-electron chi connectivity index (χ1n) is 10.9. The molecule has 2 aromatic carbocycles. The van der Waals surface area contributed by atoms with Crippen LogP contribution in [0.1, 0.15) is 46.9 Å². The molecule has 3 aromatic rings. The maximum absolute atomic E-state index is 13.8.